The normalized spacial score (nSPS) is 11.4. The molecule has 0 bridgehead atoms. The molecule has 0 saturated heterocycles. The fraction of sp³-hybridized carbons (Fsp3) is 0.263. The topological polar surface area (TPSA) is 84.9 Å². The maximum absolute atomic E-state index is 12.1. The number of alkyl carbamates (subject to hydrolysis) is 1. The lowest BCUT2D eigenvalue weighted by Crippen LogP contribution is -2.31. The van der Waals surface area contributed by atoms with Crippen molar-refractivity contribution in [2.45, 2.75) is 26.0 Å². The van der Waals surface area contributed by atoms with Gasteiger partial charge >= 0.3 is 12.1 Å². The van der Waals surface area contributed by atoms with Crippen LogP contribution in [0.2, 0.25) is 0 Å². The Morgan fingerprint density at radius 2 is 1.76 bits per heavy atom. The van der Waals surface area contributed by atoms with E-state index in [-0.39, 0.29) is 13.0 Å². The molecule has 0 fully saturated rings. The van der Waals surface area contributed by atoms with E-state index < -0.39 is 18.1 Å². The van der Waals surface area contributed by atoms with Crippen molar-refractivity contribution in [3.8, 4) is 5.75 Å². The van der Waals surface area contributed by atoms with E-state index in [0.29, 0.717) is 17.9 Å². The van der Waals surface area contributed by atoms with E-state index in [0.717, 1.165) is 5.56 Å². The first-order valence-electron chi connectivity index (χ1n) is 8.01. The summed E-state index contributed by atoms with van der Waals surface area (Å²) in [6.45, 7) is 2.39. The summed E-state index contributed by atoms with van der Waals surface area (Å²) in [6, 6.07) is 15.5. The summed E-state index contributed by atoms with van der Waals surface area (Å²) in [5, 5.41) is 11.8. The highest BCUT2D eigenvalue weighted by Crippen LogP contribution is 2.27. The molecule has 25 heavy (non-hydrogen) atoms. The van der Waals surface area contributed by atoms with Crippen LogP contribution in [0.5, 0.6) is 5.75 Å². The number of carboxylic acids is 1. The van der Waals surface area contributed by atoms with Crippen LogP contribution in [-0.2, 0) is 16.1 Å². The van der Waals surface area contributed by atoms with E-state index in [9.17, 15) is 9.59 Å². The van der Waals surface area contributed by atoms with Gasteiger partial charge in [-0.1, -0.05) is 48.5 Å². The van der Waals surface area contributed by atoms with Crippen molar-refractivity contribution in [3.05, 3.63) is 65.7 Å². The summed E-state index contributed by atoms with van der Waals surface area (Å²) < 4.78 is 10.7. The zero-order valence-corrected chi connectivity index (χ0v) is 14.0. The lowest BCUT2D eigenvalue weighted by atomic mass is 10.0. The molecule has 0 radical (unpaired) electrons. The van der Waals surface area contributed by atoms with Gasteiger partial charge in [0.05, 0.1) is 19.1 Å². The first kappa shape index (κ1) is 18.3. The molecule has 0 unspecified atom stereocenters. The molecule has 0 saturated carbocycles. The summed E-state index contributed by atoms with van der Waals surface area (Å²) in [6.07, 6.45) is -0.953. The number of nitrogens with one attached hydrogen (secondary N) is 1. The average molecular weight is 343 g/mol. The van der Waals surface area contributed by atoms with Gasteiger partial charge in [0.2, 0.25) is 0 Å². The Morgan fingerprint density at radius 3 is 2.44 bits per heavy atom. The Morgan fingerprint density at radius 1 is 1.08 bits per heavy atom. The van der Waals surface area contributed by atoms with Crippen LogP contribution in [0.4, 0.5) is 4.79 Å². The Hall–Kier alpha value is -3.02. The molecule has 132 valence electrons. The van der Waals surface area contributed by atoms with Crippen LogP contribution in [0.1, 0.15) is 30.5 Å². The number of benzene rings is 2. The van der Waals surface area contributed by atoms with Crippen LogP contribution in [0.25, 0.3) is 0 Å². The van der Waals surface area contributed by atoms with Crippen LogP contribution < -0.4 is 10.1 Å². The monoisotopic (exact) mass is 343 g/mol. The number of carbonyl (C=O) groups excluding carboxylic acids is 1. The molecule has 0 heterocycles. The summed E-state index contributed by atoms with van der Waals surface area (Å²) in [7, 11) is 0. The number of rotatable bonds is 8. The first-order valence-corrected chi connectivity index (χ1v) is 8.01. The Bertz CT molecular complexity index is 702. The molecule has 0 aliphatic carbocycles. The number of carbonyl (C=O) groups is 2. The van der Waals surface area contributed by atoms with Crippen molar-refractivity contribution in [2.75, 3.05) is 6.61 Å². The van der Waals surface area contributed by atoms with Crippen LogP contribution in [0, 0.1) is 0 Å². The van der Waals surface area contributed by atoms with Gasteiger partial charge in [0.15, 0.2) is 0 Å². The number of para-hydroxylation sites is 1. The maximum Gasteiger partial charge on any atom is 0.407 e. The molecule has 6 heteroatoms. The second kappa shape index (κ2) is 9.32. The highest BCUT2D eigenvalue weighted by atomic mass is 16.5. The van der Waals surface area contributed by atoms with Crippen LogP contribution in [0.3, 0.4) is 0 Å². The fourth-order valence-electron chi connectivity index (χ4n) is 2.38. The molecule has 1 amide bonds. The van der Waals surface area contributed by atoms with Gasteiger partial charge in [0, 0.05) is 5.56 Å². The van der Waals surface area contributed by atoms with Gasteiger partial charge in [-0.2, -0.15) is 0 Å². The average Bonchev–Trinajstić information content (AvgIpc) is 2.61. The molecule has 0 spiro atoms. The molecule has 2 N–H and O–H groups in total. The van der Waals surface area contributed by atoms with Crippen LogP contribution in [0.15, 0.2) is 54.6 Å². The van der Waals surface area contributed by atoms with Crippen molar-refractivity contribution < 1.29 is 24.2 Å². The Labute approximate surface area is 146 Å². The molecule has 0 aliphatic heterocycles. The van der Waals surface area contributed by atoms with Gasteiger partial charge in [-0.25, -0.2) is 4.79 Å². The number of amides is 1. The van der Waals surface area contributed by atoms with Crippen molar-refractivity contribution in [2.24, 2.45) is 0 Å². The Balaban J connectivity index is 2.07. The standard InChI is InChI=1S/C19H21NO5/c1-2-24-17-11-7-6-10-15(17)16(12-18(21)22)20-19(23)25-13-14-8-4-3-5-9-14/h3-11,16H,2,12-13H2,1H3,(H,20,23)(H,21,22)/t16-/m1/s1. The van der Waals surface area contributed by atoms with Crippen molar-refractivity contribution in [1.82, 2.24) is 5.32 Å². The molecule has 2 aromatic carbocycles. The van der Waals surface area contributed by atoms with Crippen molar-refractivity contribution in [3.63, 3.8) is 0 Å². The van der Waals surface area contributed by atoms with E-state index >= 15 is 0 Å². The highest BCUT2D eigenvalue weighted by molar-refractivity contribution is 5.72. The SMILES string of the molecule is CCOc1ccccc1[C@@H](CC(=O)O)NC(=O)OCc1ccccc1. The molecule has 1 atom stereocenters. The van der Waals surface area contributed by atoms with Crippen LogP contribution >= 0.6 is 0 Å². The lowest BCUT2D eigenvalue weighted by Gasteiger charge is -2.20. The predicted molar refractivity (Wildman–Crippen MR) is 92.4 cm³/mol. The third kappa shape index (κ3) is 5.84. The summed E-state index contributed by atoms with van der Waals surface area (Å²) in [5.74, 6) is -0.487. The number of hydrogen-bond acceptors (Lipinski definition) is 4. The molecule has 2 rings (SSSR count). The molecular formula is C19H21NO5. The van der Waals surface area contributed by atoms with E-state index in [1.807, 2.05) is 37.3 Å². The zero-order chi connectivity index (χ0) is 18.1. The second-order valence-corrected chi connectivity index (χ2v) is 5.33. The minimum Gasteiger partial charge on any atom is -0.494 e. The quantitative estimate of drug-likeness (QED) is 0.766. The number of carboxylic acid groups (broad SMARTS) is 1. The van der Waals surface area contributed by atoms with Gasteiger partial charge in [0.25, 0.3) is 0 Å². The van der Waals surface area contributed by atoms with E-state index in [4.69, 9.17) is 14.6 Å². The van der Waals surface area contributed by atoms with Gasteiger partial charge in [0.1, 0.15) is 12.4 Å². The van der Waals surface area contributed by atoms with Crippen molar-refractivity contribution in [1.29, 1.82) is 0 Å². The lowest BCUT2D eigenvalue weighted by molar-refractivity contribution is -0.137. The minimum atomic E-state index is -1.03. The Kier molecular flexibility index (Phi) is 6.83. The number of ether oxygens (including phenoxy) is 2. The summed E-state index contributed by atoms with van der Waals surface area (Å²) >= 11 is 0. The molecular weight excluding hydrogens is 322 g/mol. The summed E-state index contributed by atoms with van der Waals surface area (Å²) in [4.78, 5) is 23.3. The summed E-state index contributed by atoms with van der Waals surface area (Å²) in [5.41, 5.74) is 1.45. The van der Waals surface area contributed by atoms with Gasteiger partial charge in [-0.15, -0.1) is 0 Å². The number of hydrogen-bond donors (Lipinski definition) is 2. The third-order valence-corrected chi connectivity index (χ3v) is 3.48. The van der Waals surface area contributed by atoms with Crippen molar-refractivity contribution >= 4 is 12.1 Å². The highest BCUT2D eigenvalue weighted by Gasteiger charge is 2.22. The van der Waals surface area contributed by atoms with E-state index in [1.165, 1.54) is 0 Å². The zero-order valence-electron chi connectivity index (χ0n) is 14.0. The maximum atomic E-state index is 12.1. The predicted octanol–water partition coefficient (Wildman–Crippen LogP) is 3.53. The van der Waals surface area contributed by atoms with E-state index in [2.05, 4.69) is 5.32 Å². The largest absolute Gasteiger partial charge is 0.494 e. The smallest absolute Gasteiger partial charge is 0.407 e. The minimum absolute atomic E-state index is 0.111. The fourth-order valence-corrected chi connectivity index (χ4v) is 2.38. The molecule has 6 nitrogen and oxygen atoms in total. The van der Waals surface area contributed by atoms with Gasteiger partial charge in [-0.3, -0.25) is 4.79 Å². The molecule has 2 aromatic rings. The van der Waals surface area contributed by atoms with Gasteiger partial charge < -0.3 is 19.9 Å². The van der Waals surface area contributed by atoms with Gasteiger partial charge in [-0.05, 0) is 18.6 Å². The third-order valence-electron chi connectivity index (χ3n) is 3.48. The van der Waals surface area contributed by atoms with Crippen LogP contribution in [-0.4, -0.2) is 23.8 Å². The second-order valence-electron chi connectivity index (χ2n) is 5.33. The first-order chi connectivity index (χ1) is 12.1. The number of aliphatic carboxylic acids is 1. The molecule has 0 aliphatic rings. The van der Waals surface area contributed by atoms with E-state index in [1.54, 1.807) is 24.3 Å². The molecule has 0 aromatic heterocycles.